The highest BCUT2D eigenvalue weighted by Gasteiger charge is 2.19. The maximum Gasteiger partial charge on any atom is 0.240 e. The Balaban J connectivity index is 2.06. The average molecular weight is 389 g/mol. The van der Waals surface area contributed by atoms with Crippen LogP contribution in [-0.2, 0) is 19.6 Å². The predicted molar refractivity (Wildman–Crippen MR) is 95.0 cm³/mol. The van der Waals surface area contributed by atoms with Gasteiger partial charge >= 0.3 is 0 Å². The molecule has 2 aromatic rings. The minimum atomic E-state index is -3.68. The highest BCUT2D eigenvalue weighted by Crippen LogP contribution is 2.28. The lowest BCUT2D eigenvalue weighted by atomic mass is 10.3. The molecule has 1 aromatic carbocycles. The summed E-state index contributed by atoms with van der Waals surface area (Å²) in [6, 6.07) is 9.46. The molecule has 1 amide bonds. The summed E-state index contributed by atoms with van der Waals surface area (Å²) in [5.41, 5.74) is 0.532. The zero-order valence-corrected chi connectivity index (χ0v) is 15.5. The number of nitrogens with one attached hydrogen (secondary N) is 2. The third-order valence-corrected chi connectivity index (χ3v) is 5.90. The van der Waals surface area contributed by atoms with Crippen LogP contribution in [0.1, 0.15) is 17.9 Å². The lowest BCUT2D eigenvalue weighted by Crippen LogP contribution is -2.29. The van der Waals surface area contributed by atoms with E-state index in [4.69, 9.17) is 16.3 Å². The molecule has 24 heavy (non-hydrogen) atoms. The van der Waals surface area contributed by atoms with Crippen molar-refractivity contribution < 1.29 is 17.9 Å². The monoisotopic (exact) mass is 388 g/mol. The van der Waals surface area contributed by atoms with E-state index in [1.807, 2.05) is 0 Å². The molecule has 0 aliphatic carbocycles. The number of benzene rings is 1. The van der Waals surface area contributed by atoms with Crippen molar-refractivity contribution in [2.75, 3.05) is 19.0 Å². The van der Waals surface area contributed by atoms with Gasteiger partial charge in [-0.3, -0.25) is 4.79 Å². The van der Waals surface area contributed by atoms with Gasteiger partial charge in [-0.1, -0.05) is 11.6 Å². The predicted octanol–water partition coefficient (Wildman–Crippen LogP) is 3.03. The lowest BCUT2D eigenvalue weighted by molar-refractivity contribution is -0.114. The number of ether oxygens (including phenoxy) is 1. The van der Waals surface area contributed by atoms with Crippen LogP contribution in [0.25, 0.3) is 0 Å². The minimum Gasteiger partial charge on any atom is -0.375 e. The van der Waals surface area contributed by atoms with Crippen molar-refractivity contribution in [3.8, 4) is 0 Å². The fraction of sp³-hybridized carbons (Fsp3) is 0.267. The van der Waals surface area contributed by atoms with Crippen molar-refractivity contribution in [3.63, 3.8) is 0 Å². The van der Waals surface area contributed by atoms with E-state index in [0.29, 0.717) is 10.0 Å². The van der Waals surface area contributed by atoms with Crippen molar-refractivity contribution in [1.82, 2.24) is 4.72 Å². The van der Waals surface area contributed by atoms with Gasteiger partial charge in [-0.15, -0.1) is 11.3 Å². The second-order valence-electron chi connectivity index (χ2n) is 4.92. The van der Waals surface area contributed by atoms with Crippen molar-refractivity contribution >= 4 is 44.6 Å². The van der Waals surface area contributed by atoms with Gasteiger partial charge in [-0.25, -0.2) is 13.1 Å². The third-order valence-electron chi connectivity index (χ3n) is 3.14. The smallest absolute Gasteiger partial charge is 0.240 e. The van der Waals surface area contributed by atoms with E-state index in [1.54, 1.807) is 12.1 Å². The molecule has 0 aliphatic heterocycles. The van der Waals surface area contributed by atoms with Crippen LogP contribution in [0.15, 0.2) is 41.3 Å². The Bertz CT molecular complexity index is 803. The summed E-state index contributed by atoms with van der Waals surface area (Å²) < 4.78 is 33.1. The number of amides is 1. The van der Waals surface area contributed by atoms with Gasteiger partial charge < -0.3 is 10.1 Å². The molecule has 0 saturated carbocycles. The number of rotatable bonds is 7. The second kappa shape index (κ2) is 8.09. The Morgan fingerprint density at radius 2 is 1.92 bits per heavy atom. The first-order valence-corrected chi connectivity index (χ1v) is 9.65. The van der Waals surface area contributed by atoms with E-state index in [9.17, 15) is 13.2 Å². The van der Waals surface area contributed by atoms with Gasteiger partial charge in [0, 0.05) is 31.1 Å². The van der Waals surface area contributed by atoms with Crippen LogP contribution >= 0.6 is 22.9 Å². The molecule has 2 rings (SSSR count). The van der Waals surface area contributed by atoms with Gasteiger partial charge in [0.15, 0.2) is 0 Å². The maximum absolute atomic E-state index is 12.3. The Hall–Kier alpha value is -1.45. The zero-order valence-electron chi connectivity index (χ0n) is 13.1. The van der Waals surface area contributed by atoms with Crippen LogP contribution in [0, 0.1) is 0 Å². The number of carbonyl (C=O) groups is 1. The fourth-order valence-electron chi connectivity index (χ4n) is 1.99. The molecule has 1 heterocycles. The number of halogens is 1. The molecule has 0 aliphatic rings. The Morgan fingerprint density at radius 3 is 2.42 bits per heavy atom. The normalized spacial score (nSPS) is 12.8. The van der Waals surface area contributed by atoms with Crippen LogP contribution in [0.3, 0.4) is 0 Å². The first-order chi connectivity index (χ1) is 11.3. The fourth-order valence-corrected chi connectivity index (χ4v) is 4.16. The van der Waals surface area contributed by atoms with Crippen molar-refractivity contribution in [2.24, 2.45) is 0 Å². The maximum atomic E-state index is 12.3. The summed E-state index contributed by atoms with van der Waals surface area (Å²) in [4.78, 5) is 11.9. The number of methoxy groups -OCH3 is 1. The quantitative estimate of drug-likeness (QED) is 0.763. The molecule has 130 valence electrons. The molecule has 0 radical (unpaired) electrons. The van der Waals surface area contributed by atoms with E-state index in [2.05, 4.69) is 10.0 Å². The van der Waals surface area contributed by atoms with E-state index in [1.165, 1.54) is 49.6 Å². The number of carbonyl (C=O) groups excluding carboxylic acids is 1. The van der Waals surface area contributed by atoms with Gasteiger partial charge in [0.2, 0.25) is 15.9 Å². The summed E-state index contributed by atoms with van der Waals surface area (Å²) in [7, 11) is -2.17. The molecule has 0 fully saturated rings. The molecular formula is C15H17ClN2O4S2. The first kappa shape index (κ1) is 18.9. The van der Waals surface area contributed by atoms with Crippen molar-refractivity contribution in [3.05, 3.63) is 45.6 Å². The molecular weight excluding hydrogens is 372 g/mol. The summed E-state index contributed by atoms with van der Waals surface area (Å²) in [6.45, 7) is 1.47. The topological polar surface area (TPSA) is 84.5 Å². The molecule has 9 heteroatoms. The highest BCUT2D eigenvalue weighted by atomic mass is 35.5. The van der Waals surface area contributed by atoms with Gasteiger partial charge in [-0.05, 0) is 36.4 Å². The number of sulfonamides is 1. The lowest BCUT2D eigenvalue weighted by Gasteiger charge is -2.15. The van der Waals surface area contributed by atoms with E-state index in [-0.39, 0.29) is 17.3 Å². The average Bonchev–Trinajstić information content (AvgIpc) is 2.94. The largest absolute Gasteiger partial charge is 0.375 e. The molecule has 0 unspecified atom stereocenters. The molecule has 2 N–H and O–H groups in total. The number of hydrogen-bond acceptors (Lipinski definition) is 5. The van der Waals surface area contributed by atoms with Gasteiger partial charge in [-0.2, -0.15) is 0 Å². The molecule has 1 aromatic heterocycles. The molecule has 6 nitrogen and oxygen atoms in total. The van der Waals surface area contributed by atoms with Crippen molar-refractivity contribution in [2.45, 2.75) is 17.9 Å². The van der Waals surface area contributed by atoms with Gasteiger partial charge in [0.1, 0.15) is 6.10 Å². The SMILES string of the molecule is CO[C@H](CNS(=O)(=O)c1ccc(NC(C)=O)cc1)c1ccc(Cl)s1. The first-order valence-electron chi connectivity index (χ1n) is 6.97. The molecule has 0 spiro atoms. The molecule has 0 bridgehead atoms. The Kier molecular flexibility index (Phi) is 6.36. The zero-order chi connectivity index (χ0) is 17.7. The summed E-state index contributed by atoms with van der Waals surface area (Å²) in [6.07, 6.45) is -0.420. The molecule has 0 saturated heterocycles. The summed E-state index contributed by atoms with van der Waals surface area (Å²) in [5, 5.41) is 2.58. The third kappa shape index (κ3) is 5.02. The van der Waals surface area contributed by atoms with E-state index in [0.717, 1.165) is 4.88 Å². The number of hydrogen-bond donors (Lipinski definition) is 2. The van der Waals surface area contributed by atoms with E-state index < -0.39 is 16.1 Å². The second-order valence-corrected chi connectivity index (χ2v) is 8.44. The Labute approximate surface area is 149 Å². The van der Waals surface area contributed by atoms with Crippen LogP contribution in [0.5, 0.6) is 0 Å². The molecule has 1 atom stereocenters. The van der Waals surface area contributed by atoms with Crippen LogP contribution in [0.2, 0.25) is 4.34 Å². The van der Waals surface area contributed by atoms with Crippen LogP contribution in [0.4, 0.5) is 5.69 Å². The van der Waals surface area contributed by atoms with Crippen LogP contribution < -0.4 is 10.0 Å². The number of thiophene rings is 1. The highest BCUT2D eigenvalue weighted by molar-refractivity contribution is 7.89. The standard InChI is InChI=1S/C15H17ClN2O4S2/c1-10(19)18-11-3-5-12(6-4-11)24(20,21)17-9-13(22-2)14-7-8-15(16)23-14/h3-8,13,17H,9H2,1-2H3,(H,18,19)/t13-/m1/s1. The number of anilines is 1. The summed E-state index contributed by atoms with van der Waals surface area (Å²) >= 11 is 7.23. The van der Waals surface area contributed by atoms with Crippen LogP contribution in [-0.4, -0.2) is 28.0 Å². The van der Waals surface area contributed by atoms with Gasteiger partial charge in [0.25, 0.3) is 0 Å². The van der Waals surface area contributed by atoms with Gasteiger partial charge in [0.05, 0.1) is 9.23 Å². The summed E-state index contributed by atoms with van der Waals surface area (Å²) in [5.74, 6) is -0.221. The van der Waals surface area contributed by atoms with E-state index >= 15 is 0 Å². The van der Waals surface area contributed by atoms with Crippen molar-refractivity contribution in [1.29, 1.82) is 0 Å². The Morgan fingerprint density at radius 1 is 1.25 bits per heavy atom. The minimum absolute atomic E-state index is 0.0864.